The lowest BCUT2D eigenvalue weighted by molar-refractivity contribution is -0.303. The third kappa shape index (κ3) is 7.48. The van der Waals surface area contributed by atoms with E-state index in [1.807, 2.05) is 12.1 Å². The van der Waals surface area contributed by atoms with Crippen LogP contribution < -0.4 is 11.2 Å². The lowest BCUT2D eigenvalue weighted by Gasteiger charge is -2.10. The molecular formula is C24H27F3N4O2. The highest BCUT2D eigenvalue weighted by molar-refractivity contribution is 5.96. The molecule has 9 heteroatoms. The summed E-state index contributed by atoms with van der Waals surface area (Å²) < 4.78 is 41.2. The normalized spacial score (nSPS) is 14.7. The molecule has 6 nitrogen and oxygen atoms in total. The Morgan fingerprint density at radius 3 is 2.48 bits per heavy atom. The van der Waals surface area contributed by atoms with Crippen molar-refractivity contribution in [3.63, 3.8) is 0 Å². The van der Waals surface area contributed by atoms with Crippen LogP contribution in [0, 0.1) is 6.92 Å². The van der Waals surface area contributed by atoms with Gasteiger partial charge in [-0.1, -0.05) is 12.1 Å². The number of ether oxygens (including phenoxy) is 1. The molecule has 0 amide bonds. The van der Waals surface area contributed by atoms with Gasteiger partial charge in [0.15, 0.2) is 5.43 Å². The Bertz CT molecular complexity index is 1230. The maximum atomic E-state index is 12.6. The number of halogens is 3. The molecular weight excluding hydrogens is 433 g/mol. The van der Waals surface area contributed by atoms with Crippen molar-refractivity contribution in [1.82, 2.24) is 4.98 Å². The van der Waals surface area contributed by atoms with Crippen molar-refractivity contribution < 1.29 is 17.9 Å². The van der Waals surface area contributed by atoms with Crippen molar-refractivity contribution >= 4 is 22.6 Å². The van der Waals surface area contributed by atoms with E-state index in [1.165, 1.54) is 25.3 Å². The molecule has 1 heterocycles. The summed E-state index contributed by atoms with van der Waals surface area (Å²) in [6, 6.07) is 7.23. The number of nitrogens with one attached hydrogen (secondary N) is 1. The summed E-state index contributed by atoms with van der Waals surface area (Å²) in [7, 11) is 0. The summed E-state index contributed by atoms with van der Waals surface area (Å²) in [5, 5.41) is 0.609. The van der Waals surface area contributed by atoms with E-state index in [9.17, 15) is 18.0 Å². The second-order valence-electron chi connectivity index (χ2n) is 7.44. The first kappa shape index (κ1) is 25.6. The van der Waals surface area contributed by atoms with E-state index < -0.39 is 6.36 Å². The summed E-state index contributed by atoms with van der Waals surface area (Å²) in [5.41, 5.74) is 9.13. The van der Waals surface area contributed by atoms with Crippen LogP contribution in [0.15, 0.2) is 74.3 Å². The van der Waals surface area contributed by atoms with Crippen molar-refractivity contribution in [3.8, 4) is 0 Å². The zero-order chi connectivity index (χ0) is 24.8. The molecule has 1 aromatic heterocycles. The van der Waals surface area contributed by atoms with Gasteiger partial charge in [0.1, 0.15) is 17.4 Å². The van der Waals surface area contributed by atoms with Crippen molar-refractivity contribution in [3.05, 3.63) is 81.0 Å². The minimum Gasteiger partial charge on any atom is -0.406 e. The minimum atomic E-state index is -4.76. The topological polar surface area (TPSA) is 92.8 Å². The number of nitrogens with zero attached hydrogens (tertiary/aromatic N) is 2. The molecule has 1 aromatic carbocycles. The molecule has 0 radical (unpaired) electrons. The molecule has 2 aromatic rings. The van der Waals surface area contributed by atoms with Crippen LogP contribution in [-0.4, -0.2) is 23.0 Å². The van der Waals surface area contributed by atoms with E-state index in [-0.39, 0.29) is 23.4 Å². The molecule has 176 valence electrons. The first-order chi connectivity index (χ1) is 15.4. The van der Waals surface area contributed by atoms with Crippen LogP contribution in [0.5, 0.6) is 0 Å². The molecule has 0 unspecified atom stereocenters. The molecule has 0 aliphatic heterocycles. The molecule has 0 atom stereocenters. The number of para-hydroxylation sites is 1. The number of aliphatic imine (C=N–C) groups is 2. The number of rotatable bonds is 6. The second kappa shape index (κ2) is 10.8. The van der Waals surface area contributed by atoms with Gasteiger partial charge in [-0.05, 0) is 70.0 Å². The molecule has 0 saturated heterocycles. The Kier molecular flexibility index (Phi) is 8.39. The van der Waals surface area contributed by atoms with Gasteiger partial charge < -0.3 is 15.5 Å². The average molecular weight is 461 g/mol. The number of alkyl halides is 3. The fourth-order valence-electron chi connectivity index (χ4n) is 2.94. The molecule has 0 aliphatic carbocycles. The van der Waals surface area contributed by atoms with Gasteiger partial charge in [0.25, 0.3) is 0 Å². The highest BCUT2D eigenvalue weighted by Crippen LogP contribution is 2.23. The largest absolute Gasteiger partial charge is 0.573 e. The Morgan fingerprint density at radius 1 is 1.18 bits per heavy atom. The monoisotopic (exact) mass is 460 g/mol. The number of benzene rings is 1. The van der Waals surface area contributed by atoms with Crippen LogP contribution in [0.4, 0.5) is 13.2 Å². The number of aromatic nitrogens is 1. The Labute approximate surface area is 190 Å². The maximum Gasteiger partial charge on any atom is 0.573 e. The molecule has 33 heavy (non-hydrogen) atoms. The standard InChI is InChI=1S/C24H27F3N4O2/c1-6-18(33-24(25,26)27)11-14(2)15(3)13-29-17(5)30-22(28)12-21-16(4)23(32)19-9-7-8-10-20(19)31-21/h6-11,13H,12H2,1-5H3,(H,31,32)(H2,28,29,30)/b14-11+,15-13+,18-6+. The van der Waals surface area contributed by atoms with Crippen molar-refractivity contribution in [1.29, 1.82) is 0 Å². The second-order valence-corrected chi connectivity index (χ2v) is 7.44. The van der Waals surface area contributed by atoms with Crippen LogP contribution in [0.2, 0.25) is 0 Å². The van der Waals surface area contributed by atoms with Crippen LogP contribution in [0.1, 0.15) is 39.0 Å². The number of fused-ring (bicyclic) bond motifs is 1. The van der Waals surface area contributed by atoms with E-state index in [2.05, 4.69) is 19.7 Å². The molecule has 0 bridgehead atoms. The van der Waals surface area contributed by atoms with Gasteiger partial charge in [0, 0.05) is 34.8 Å². The van der Waals surface area contributed by atoms with Crippen molar-refractivity contribution in [2.45, 2.75) is 47.4 Å². The quantitative estimate of drug-likeness (QED) is 0.260. The zero-order valence-electron chi connectivity index (χ0n) is 19.2. The minimum absolute atomic E-state index is 0.0617. The molecule has 0 aliphatic rings. The third-order valence-corrected chi connectivity index (χ3v) is 4.86. The van der Waals surface area contributed by atoms with Gasteiger partial charge >= 0.3 is 6.36 Å². The van der Waals surface area contributed by atoms with E-state index >= 15 is 0 Å². The molecule has 0 fully saturated rings. The lowest BCUT2D eigenvalue weighted by atomic mass is 10.1. The first-order valence-electron chi connectivity index (χ1n) is 10.2. The van der Waals surface area contributed by atoms with Crippen molar-refractivity contribution in [2.75, 3.05) is 0 Å². The Morgan fingerprint density at radius 2 is 1.85 bits per heavy atom. The smallest absolute Gasteiger partial charge is 0.406 e. The van der Waals surface area contributed by atoms with Gasteiger partial charge in [-0.2, -0.15) is 0 Å². The Hall–Kier alpha value is -3.62. The highest BCUT2D eigenvalue weighted by Gasteiger charge is 2.31. The predicted molar refractivity (Wildman–Crippen MR) is 126 cm³/mol. The number of hydrogen-bond donors (Lipinski definition) is 2. The summed E-state index contributed by atoms with van der Waals surface area (Å²) in [5.74, 6) is 0.312. The fraction of sp³-hybridized carbons (Fsp3) is 0.292. The van der Waals surface area contributed by atoms with Gasteiger partial charge in [0.2, 0.25) is 0 Å². The number of H-pyrrole nitrogens is 1. The van der Waals surface area contributed by atoms with Gasteiger partial charge in [0.05, 0.1) is 0 Å². The van der Waals surface area contributed by atoms with E-state index in [1.54, 1.807) is 39.8 Å². The van der Waals surface area contributed by atoms with E-state index in [0.717, 1.165) is 5.52 Å². The summed E-state index contributed by atoms with van der Waals surface area (Å²) in [6.07, 6.45) is -0.532. The predicted octanol–water partition coefficient (Wildman–Crippen LogP) is 5.44. The lowest BCUT2D eigenvalue weighted by Crippen LogP contribution is -2.21. The summed E-state index contributed by atoms with van der Waals surface area (Å²) in [4.78, 5) is 24.3. The van der Waals surface area contributed by atoms with Gasteiger partial charge in [-0.25, -0.2) is 9.98 Å². The number of allylic oxidation sites excluding steroid dienone is 4. The number of aromatic amines is 1. The van der Waals surface area contributed by atoms with Crippen LogP contribution >= 0.6 is 0 Å². The number of hydrogen-bond acceptors (Lipinski definition) is 3. The molecule has 2 rings (SSSR count). The number of pyridine rings is 1. The average Bonchev–Trinajstić information content (AvgIpc) is 2.74. The Balaban J connectivity index is 2.19. The highest BCUT2D eigenvalue weighted by atomic mass is 19.4. The fourth-order valence-corrected chi connectivity index (χ4v) is 2.94. The summed E-state index contributed by atoms with van der Waals surface area (Å²) >= 11 is 0. The molecule has 3 N–H and O–H groups in total. The zero-order valence-corrected chi connectivity index (χ0v) is 19.2. The van der Waals surface area contributed by atoms with Gasteiger partial charge in [-0.3, -0.25) is 4.79 Å². The van der Waals surface area contributed by atoms with E-state index in [4.69, 9.17) is 5.73 Å². The van der Waals surface area contributed by atoms with Crippen molar-refractivity contribution in [2.24, 2.45) is 15.7 Å². The molecule has 0 saturated carbocycles. The first-order valence-corrected chi connectivity index (χ1v) is 10.2. The van der Waals surface area contributed by atoms with Gasteiger partial charge in [-0.15, -0.1) is 13.2 Å². The molecule has 0 spiro atoms. The summed E-state index contributed by atoms with van der Waals surface area (Å²) in [6.45, 7) is 8.19. The third-order valence-electron chi connectivity index (χ3n) is 4.86. The number of nitrogens with two attached hydrogens (primary N) is 1. The maximum absolute atomic E-state index is 12.6. The SMILES string of the molecule is C\C=C(/C=C(C)/C(C)=C/N=C(C)N=C(N)Cc1[nH]c2ccccc2c(=O)c1C)OC(F)(F)F. The van der Waals surface area contributed by atoms with E-state index in [0.29, 0.717) is 33.6 Å². The number of amidine groups is 2. The van der Waals surface area contributed by atoms with Crippen LogP contribution in [0.3, 0.4) is 0 Å². The van der Waals surface area contributed by atoms with Crippen LogP contribution in [0.25, 0.3) is 10.9 Å². The van der Waals surface area contributed by atoms with Crippen LogP contribution in [-0.2, 0) is 11.2 Å².